The van der Waals surface area contributed by atoms with Crippen LogP contribution in [0.2, 0.25) is 0 Å². The second kappa shape index (κ2) is 4.64. The van der Waals surface area contributed by atoms with Crippen LogP contribution in [0.4, 0.5) is 17.6 Å². The summed E-state index contributed by atoms with van der Waals surface area (Å²) in [5.74, 6) is 0. The van der Waals surface area contributed by atoms with Gasteiger partial charge < -0.3 is 5.32 Å². The van der Waals surface area contributed by atoms with Crippen molar-refractivity contribution in [2.75, 3.05) is 6.54 Å². The van der Waals surface area contributed by atoms with Crippen LogP contribution in [0.15, 0.2) is 0 Å². The summed E-state index contributed by atoms with van der Waals surface area (Å²) in [4.78, 5) is 0. The van der Waals surface area contributed by atoms with E-state index in [9.17, 15) is 17.6 Å². The number of nitrogens with one attached hydrogen (secondary N) is 1. The van der Waals surface area contributed by atoms with Crippen LogP contribution in [-0.4, -0.2) is 24.9 Å². The zero-order valence-electron chi connectivity index (χ0n) is 7.08. The minimum absolute atomic E-state index is 0.438. The van der Waals surface area contributed by atoms with Crippen molar-refractivity contribution in [1.29, 1.82) is 0 Å². The van der Waals surface area contributed by atoms with Crippen molar-refractivity contribution >= 4 is 0 Å². The molecule has 0 radical (unpaired) electrons. The number of hydrogen-bond donors (Lipinski definition) is 1. The Kier molecular flexibility index (Phi) is 4.52. The van der Waals surface area contributed by atoms with E-state index >= 15 is 0 Å². The van der Waals surface area contributed by atoms with Gasteiger partial charge in [0.2, 0.25) is 0 Å². The molecule has 0 aliphatic carbocycles. The fourth-order valence-electron chi connectivity index (χ4n) is 0.876. The van der Waals surface area contributed by atoms with E-state index in [1.165, 1.54) is 6.92 Å². The first kappa shape index (κ1) is 11.7. The molecule has 0 fully saturated rings. The van der Waals surface area contributed by atoms with E-state index < -0.39 is 24.8 Å². The van der Waals surface area contributed by atoms with Crippen molar-refractivity contribution in [1.82, 2.24) is 5.32 Å². The molecule has 12 heavy (non-hydrogen) atoms. The average Bonchev–Trinajstić information content (AvgIpc) is 1.85. The summed E-state index contributed by atoms with van der Waals surface area (Å²) in [7, 11) is 0. The number of halogens is 4. The molecular weight excluding hydrogens is 174 g/mol. The molecule has 0 aliphatic rings. The Morgan fingerprint density at radius 3 is 2.17 bits per heavy atom. The minimum atomic E-state index is -4.72. The normalized spacial score (nSPS) is 17.5. The zero-order valence-corrected chi connectivity index (χ0v) is 7.08. The molecule has 0 aromatic rings. The Labute approximate surface area is 69.1 Å². The third kappa shape index (κ3) is 4.54. The van der Waals surface area contributed by atoms with Gasteiger partial charge in [0.15, 0.2) is 6.17 Å². The lowest BCUT2D eigenvalue weighted by molar-refractivity contribution is -0.183. The highest BCUT2D eigenvalue weighted by molar-refractivity contribution is 4.72. The molecule has 0 aromatic carbocycles. The number of alkyl halides is 4. The fourth-order valence-corrected chi connectivity index (χ4v) is 0.876. The fraction of sp³-hybridized carbons (Fsp3) is 1.00. The molecule has 2 atom stereocenters. The van der Waals surface area contributed by atoms with Crippen LogP contribution >= 0.6 is 0 Å². The van der Waals surface area contributed by atoms with E-state index in [4.69, 9.17) is 0 Å². The molecule has 0 amide bonds. The van der Waals surface area contributed by atoms with Gasteiger partial charge in [0, 0.05) is 12.5 Å². The van der Waals surface area contributed by atoms with Crippen molar-refractivity contribution in [3.8, 4) is 0 Å². The lowest BCUT2D eigenvalue weighted by Gasteiger charge is -2.17. The molecule has 1 nitrogen and oxygen atoms in total. The highest BCUT2D eigenvalue weighted by Gasteiger charge is 2.40. The third-order valence-electron chi connectivity index (χ3n) is 1.47. The Morgan fingerprint density at radius 2 is 1.83 bits per heavy atom. The molecule has 0 saturated carbocycles. The summed E-state index contributed by atoms with van der Waals surface area (Å²) in [5.41, 5.74) is 0. The molecule has 0 rings (SSSR count). The van der Waals surface area contributed by atoms with Gasteiger partial charge in [-0.1, -0.05) is 6.92 Å². The molecule has 2 unspecified atom stereocenters. The smallest absolute Gasteiger partial charge is 0.314 e. The molecule has 0 bridgehead atoms. The molecular formula is C7H13F4N. The van der Waals surface area contributed by atoms with E-state index in [0.29, 0.717) is 6.54 Å². The second-order valence-corrected chi connectivity index (χ2v) is 2.70. The first-order valence-electron chi connectivity index (χ1n) is 3.82. The molecule has 5 heteroatoms. The summed E-state index contributed by atoms with van der Waals surface area (Å²) in [6, 6.07) is -0.438. The van der Waals surface area contributed by atoms with E-state index in [-0.39, 0.29) is 0 Å². The van der Waals surface area contributed by atoms with Gasteiger partial charge in [-0.25, -0.2) is 4.39 Å². The van der Waals surface area contributed by atoms with E-state index in [1.807, 2.05) is 0 Å². The van der Waals surface area contributed by atoms with Crippen molar-refractivity contribution in [3.05, 3.63) is 0 Å². The second-order valence-electron chi connectivity index (χ2n) is 2.70. The topological polar surface area (TPSA) is 12.0 Å². The predicted octanol–water partition coefficient (Wildman–Crippen LogP) is 2.27. The Balaban J connectivity index is 3.76. The van der Waals surface area contributed by atoms with Crippen molar-refractivity contribution in [3.63, 3.8) is 0 Å². The van der Waals surface area contributed by atoms with Crippen LogP contribution in [0.3, 0.4) is 0 Å². The van der Waals surface area contributed by atoms with Gasteiger partial charge in [-0.15, -0.1) is 0 Å². The van der Waals surface area contributed by atoms with Crippen LogP contribution in [0, 0.1) is 0 Å². The summed E-state index contributed by atoms with van der Waals surface area (Å²) >= 11 is 0. The molecule has 0 aromatic heterocycles. The molecule has 0 saturated heterocycles. The quantitative estimate of drug-likeness (QED) is 0.666. The maximum absolute atomic E-state index is 12.3. The maximum Gasteiger partial charge on any atom is 0.419 e. The van der Waals surface area contributed by atoms with Gasteiger partial charge in [-0.05, 0) is 13.5 Å². The average molecular weight is 187 g/mol. The first-order chi connectivity index (χ1) is 5.38. The van der Waals surface area contributed by atoms with Crippen LogP contribution in [0.25, 0.3) is 0 Å². The van der Waals surface area contributed by atoms with Gasteiger partial charge in [-0.2, -0.15) is 13.2 Å². The van der Waals surface area contributed by atoms with Gasteiger partial charge in [0.25, 0.3) is 0 Å². The monoisotopic (exact) mass is 187 g/mol. The Hall–Kier alpha value is -0.320. The summed E-state index contributed by atoms with van der Waals surface area (Å²) < 4.78 is 47.3. The zero-order chi connectivity index (χ0) is 9.78. The van der Waals surface area contributed by atoms with Crippen molar-refractivity contribution in [2.45, 2.75) is 38.7 Å². The lowest BCUT2D eigenvalue weighted by Crippen LogP contribution is -2.34. The number of hydrogen-bond acceptors (Lipinski definition) is 1. The Morgan fingerprint density at radius 1 is 1.33 bits per heavy atom. The van der Waals surface area contributed by atoms with E-state index in [2.05, 4.69) is 5.32 Å². The summed E-state index contributed by atoms with van der Waals surface area (Å²) in [6.45, 7) is 3.84. The molecule has 1 N–H and O–H groups in total. The van der Waals surface area contributed by atoms with Crippen LogP contribution in [0.1, 0.15) is 20.3 Å². The molecule has 0 heterocycles. The van der Waals surface area contributed by atoms with Gasteiger partial charge >= 0.3 is 6.18 Å². The van der Waals surface area contributed by atoms with Gasteiger partial charge in [-0.3, -0.25) is 0 Å². The molecule has 74 valence electrons. The maximum atomic E-state index is 12.3. The lowest BCUT2D eigenvalue weighted by atomic mass is 10.1. The van der Waals surface area contributed by atoms with Gasteiger partial charge in [0.05, 0.1) is 0 Å². The molecule has 0 spiro atoms. The Bertz CT molecular complexity index is 123. The number of rotatable bonds is 4. The largest absolute Gasteiger partial charge is 0.419 e. The van der Waals surface area contributed by atoms with Crippen molar-refractivity contribution in [2.24, 2.45) is 0 Å². The van der Waals surface area contributed by atoms with Crippen LogP contribution in [0.5, 0.6) is 0 Å². The van der Waals surface area contributed by atoms with Crippen molar-refractivity contribution < 1.29 is 17.6 Å². The predicted molar refractivity (Wildman–Crippen MR) is 38.7 cm³/mol. The van der Waals surface area contributed by atoms with Gasteiger partial charge in [0.1, 0.15) is 0 Å². The van der Waals surface area contributed by atoms with Crippen LogP contribution < -0.4 is 5.32 Å². The van der Waals surface area contributed by atoms with Crippen LogP contribution in [-0.2, 0) is 0 Å². The third-order valence-corrected chi connectivity index (χ3v) is 1.47. The highest BCUT2D eigenvalue weighted by atomic mass is 19.4. The first-order valence-corrected chi connectivity index (χ1v) is 3.82. The summed E-state index contributed by atoms with van der Waals surface area (Å²) in [6.07, 6.45) is -7.95. The SMILES string of the molecule is CCNC(C)CC(F)C(F)(F)F. The summed E-state index contributed by atoms with van der Waals surface area (Å²) in [5, 5.41) is 2.71. The molecule has 0 aliphatic heterocycles. The standard InChI is InChI=1S/C7H13F4N/c1-3-12-5(2)4-6(8)7(9,10)11/h5-6,12H,3-4H2,1-2H3. The van der Waals surface area contributed by atoms with E-state index in [0.717, 1.165) is 0 Å². The minimum Gasteiger partial charge on any atom is -0.314 e. The van der Waals surface area contributed by atoms with E-state index in [1.54, 1.807) is 6.92 Å². The highest BCUT2D eigenvalue weighted by Crippen LogP contribution is 2.25.